The number of nitrogens with zero attached hydrogens (tertiary/aromatic N) is 3. The molecule has 1 fully saturated rings. The van der Waals surface area contributed by atoms with E-state index >= 15 is 0 Å². The van der Waals surface area contributed by atoms with Crippen molar-refractivity contribution < 1.29 is 17.9 Å². The summed E-state index contributed by atoms with van der Waals surface area (Å²) in [6.07, 6.45) is 1.55. The zero-order chi connectivity index (χ0) is 27.6. The summed E-state index contributed by atoms with van der Waals surface area (Å²) in [7, 11) is -2.54. The fraction of sp³-hybridized carbons (Fsp3) is 0.172. The number of hydrogen-bond acceptors (Lipinski definition) is 6. The van der Waals surface area contributed by atoms with E-state index in [-0.39, 0.29) is 22.2 Å². The average molecular weight is 563 g/mol. The number of aromatic nitrogens is 1. The lowest BCUT2D eigenvalue weighted by Crippen LogP contribution is -2.47. The number of ether oxygens (including phenoxy) is 1. The number of hydrogen-bond donors (Lipinski definition) is 1. The van der Waals surface area contributed by atoms with Crippen LogP contribution in [0.15, 0.2) is 90.5 Å². The first-order valence-electron chi connectivity index (χ1n) is 12.3. The molecule has 1 N–H and O–H groups in total. The van der Waals surface area contributed by atoms with Crippen molar-refractivity contribution in [2.45, 2.75) is 4.90 Å². The number of amides is 1. The molecule has 2 heterocycles. The summed E-state index contributed by atoms with van der Waals surface area (Å²) in [4.78, 5) is 21.5. The van der Waals surface area contributed by atoms with Crippen LogP contribution >= 0.6 is 11.6 Å². The molecule has 0 unspecified atom stereocenters. The van der Waals surface area contributed by atoms with Crippen LogP contribution in [0.3, 0.4) is 0 Å². The van der Waals surface area contributed by atoms with Gasteiger partial charge in [-0.05, 0) is 48.0 Å². The maximum Gasteiger partial charge on any atom is 0.264 e. The number of methoxy groups -OCH3 is 1. The second-order valence-corrected chi connectivity index (χ2v) is 11.2. The SMILES string of the molecule is C=C(c1ccc(Cl)cc1)N1CCN(C(=O)c2ccc(NS(=O)(=O)c3cccc4cccnc34)c(OC)c2)CC1. The van der Waals surface area contributed by atoms with Gasteiger partial charge in [-0.25, -0.2) is 8.42 Å². The molecule has 1 aliphatic rings. The average Bonchev–Trinajstić information content (AvgIpc) is 2.96. The fourth-order valence-electron chi connectivity index (χ4n) is 4.59. The minimum Gasteiger partial charge on any atom is -0.495 e. The van der Waals surface area contributed by atoms with Gasteiger partial charge in [0.2, 0.25) is 0 Å². The lowest BCUT2D eigenvalue weighted by atomic mass is 10.1. The molecule has 1 amide bonds. The van der Waals surface area contributed by atoms with Crippen LogP contribution in [0.1, 0.15) is 15.9 Å². The molecule has 5 rings (SSSR count). The van der Waals surface area contributed by atoms with E-state index in [2.05, 4.69) is 21.2 Å². The Morgan fingerprint density at radius 3 is 2.33 bits per heavy atom. The maximum atomic E-state index is 13.3. The zero-order valence-electron chi connectivity index (χ0n) is 21.3. The van der Waals surface area contributed by atoms with Crippen LogP contribution < -0.4 is 9.46 Å². The number of pyridine rings is 1. The Hall–Kier alpha value is -4.08. The molecule has 0 aliphatic carbocycles. The minimum absolute atomic E-state index is 0.0564. The highest BCUT2D eigenvalue weighted by atomic mass is 35.5. The van der Waals surface area contributed by atoms with Gasteiger partial charge in [0, 0.05) is 54.0 Å². The molecule has 1 aliphatic heterocycles. The molecule has 0 bridgehead atoms. The molecule has 8 nitrogen and oxygen atoms in total. The summed E-state index contributed by atoms with van der Waals surface area (Å²) in [5.41, 5.74) is 2.88. The molecule has 200 valence electrons. The number of nitrogens with one attached hydrogen (secondary N) is 1. The first kappa shape index (κ1) is 26.5. The molecular weight excluding hydrogens is 536 g/mol. The van der Waals surface area contributed by atoms with Gasteiger partial charge < -0.3 is 14.5 Å². The van der Waals surface area contributed by atoms with E-state index in [4.69, 9.17) is 16.3 Å². The molecule has 0 atom stereocenters. The van der Waals surface area contributed by atoms with Gasteiger partial charge in [0.05, 0.1) is 18.3 Å². The first-order valence-corrected chi connectivity index (χ1v) is 14.2. The molecule has 0 spiro atoms. The molecule has 4 aromatic rings. The highest BCUT2D eigenvalue weighted by molar-refractivity contribution is 7.93. The second kappa shape index (κ2) is 11.0. The lowest BCUT2D eigenvalue weighted by Gasteiger charge is -2.37. The minimum atomic E-state index is -3.97. The topological polar surface area (TPSA) is 91.8 Å². The van der Waals surface area contributed by atoms with Gasteiger partial charge in [-0.1, -0.05) is 48.5 Å². The first-order chi connectivity index (χ1) is 18.8. The van der Waals surface area contributed by atoms with Crippen molar-refractivity contribution >= 4 is 49.8 Å². The summed E-state index contributed by atoms with van der Waals surface area (Å²) in [5.74, 6) is 0.0880. The van der Waals surface area contributed by atoms with Crippen LogP contribution in [0, 0.1) is 0 Å². The van der Waals surface area contributed by atoms with Gasteiger partial charge in [0.25, 0.3) is 15.9 Å². The highest BCUT2D eigenvalue weighted by Crippen LogP contribution is 2.30. The fourth-order valence-corrected chi connectivity index (χ4v) is 5.97. The van der Waals surface area contributed by atoms with Crippen LogP contribution in [-0.2, 0) is 10.0 Å². The van der Waals surface area contributed by atoms with E-state index in [9.17, 15) is 13.2 Å². The van der Waals surface area contributed by atoms with Crippen molar-refractivity contribution in [1.29, 1.82) is 0 Å². The van der Waals surface area contributed by atoms with Crippen LogP contribution in [0.2, 0.25) is 5.02 Å². The molecule has 1 saturated heterocycles. The number of fused-ring (bicyclic) bond motifs is 1. The van der Waals surface area contributed by atoms with E-state index in [0.717, 1.165) is 11.3 Å². The standard InChI is InChI=1S/C29H27ClN4O4S/c1-20(21-8-11-24(30)12-9-21)33-15-17-34(18-16-33)29(35)23-10-13-25(26(19-23)38-2)32-39(36,37)27-7-3-5-22-6-4-14-31-28(22)27/h3-14,19,32H,1,15-18H2,2H3. The number of para-hydroxylation sites is 1. The Kier molecular flexibility index (Phi) is 7.45. The van der Waals surface area contributed by atoms with Gasteiger partial charge in [-0.2, -0.15) is 0 Å². The van der Waals surface area contributed by atoms with Gasteiger partial charge >= 0.3 is 0 Å². The monoisotopic (exact) mass is 562 g/mol. The number of rotatable bonds is 7. The quantitative estimate of drug-likeness (QED) is 0.336. The molecule has 39 heavy (non-hydrogen) atoms. The summed E-state index contributed by atoms with van der Waals surface area (Å²) in [5, 5.41) is 1.38. The Morgan fingerprint density at radius 2 is 1.62 bits per heavy atom. The number of carbonyl (C=O) groups is 1. The van der Waals surface area contributed by atoms with Crippen LogP contribution in [0.5, 0.6) is 5.75 Å². The van der Waals surface area contributed by atoms with Crippen molar-refractivity contribution in [3.05, 3.63) is 102 Å². The molecule has 10 heteroatoms. The van der Waals surface area contributed by atoms with Crippen LogP contribution in [-0.4, -0.2) is 62.4 Å². The van der Waals surface area contributed by atoms with Gasteiger partial charge in [0.1, 0.15) is 10.6 Å². The van der Waals surface area contributed by atoms with Crippen molar-refractivity contribution in [3.63, 3.8) is 0 Å². The predicted molar refractivity (Wildman–Crippen MR) is 154 cm³/mol. The Bertz CT molecular complexity index is 1640. The zero-order valence-corrected chi connectivity index (χ0v) is 22.9. The number of benzene rings is 3. The third-order valence-corrected chi connectivity index (χ3v) is 8.35. The van der Waals surface area contributed by atoms with E-state index in [0.29, 0.717) is 47.7 Å². The number of carbonyl (C=O) groups excluding carboxylic acids is 1. The molecule has 0 saturated carbocycles. The van der Waals surface area contributed by atoms with Gasteiger partial charge in [0.15, 0.2) is 0 Å². The summed E-state index contributed by atoms with van der Waals surface area (Å²) < 4.78 is 34.6. The number of anilines is 1. The molecule has 3 aromatic carbocycles. The molecule has 1 aromatic heterocycles. The van der Waals surface area contributed by atoms with Gasteiger partial charge in [-0.3, -0.25) is 14.5 Å². The number of piperazine rings is 1. The smallest absolute Gasteiger partial charge is 0.264 e. The van der Waals surface area contributed by atoms with E-state index in [1.54, 1.807) is 53.6 Å². The molecule has 0 radical (unpaired) electrons. The largest absolute Gasteiger partial charge is 0.495 e. The predicted octanol–water partition coefficient (Wildman–Crippen LogP) is 5.13. The summed E-state index contributed by atoms with van der Waals surface area (Å²) in [6, 6.07) is 20.7. The van der Waals surface area contributed by atoms with Crippen molar-refractivity contribution in [3.8, 4) is 5.75 Å². The summed E-state index contributed by atoms with van der Waals surface area (Å²) >= 11 is 5.99. The Labute approximate surface area is 232 Å². The molecular formula is C29H27ClN4O4S. The highest BCUT2D eigenvalue weighted by Gasteiger charge is 2.25. The van der Waals surface area contributed by atoms with E-state index in [1.807, 2.05) is 24.3 Å². The van der Waals surface area contributed by atoms with E-state index < -0.39 is 10.0 Å². The van der Waals surface area contributed by atoms with Crippen molar-refractivity contribution in [2.75, 3.05) is 38.0 Å². The van der Waals surface area contributed by atoms with Crippen LogP contribution in [0.4, 0.5) is 5.69 Å². The van der Waals surface area contributed by atoms with Gasteiger partial charge in [-0.15, -0.1) is 0 Å². The lowest BCUT2D eigenvalue weighted by molar-refractivity contribution is 0.0686. The third kappa shape index (κ3) is 5.55. The van der Waals surface area contributed by atoms with Crippen molar-refractivity contribution in [1.82, 2.24) is 14.8 Å². The second-order valence-electron chi connectivity index (χ2n) is 9.08. The Balaban J connectivity index is 1.29. The van der Waals surface area contributed by atoms with E-state index in [1.165, 1.54) is 13.2 Å². The Morgan fingerprint density at radius 1 is 0.949 bits per heavy atom. The summed E-state index contributed by atoms with van der Waals surface area (Å²) in [6.45, 7) is 6.54. The van der Waals surface area contributed by atoms with Crippen LogP contribution in [0.25, 0.3) is 16.6 Å². The maximum absolute atomic E-state index is 13.3. The number of sulfonamides is 1. The number of halogens is 1. The third-order valence-electron chi connectivity index (χ3n) is 6.70. The van der Waals surface area contributed by atoms with Crippen molar-refractivity contribution in [2.24, 2.45) is 0 Å². The normalized spacial score (nSPS) is 13.8.